The minimum atomic E-state index is 0.697. The van der Waals surface area contributed by atoms with Crippen LogP contribution in [-0.4, -0.2) is 30.5 Å². The van der Waals surface area contributed by atoms with Gasteiger partial charge in [0.25, 0.3) is 0 Å². The van der Waals surface area contributed by atoms with Crippen LogP contribution in [0.3, 0.4) is 0 Å². The average Bonchev–Trinajstić information content (AvgIpc) is 2.77. The van der Waals surface area contributed by atoms with E-state index in [2.05, 4.69) is 53.6 Å². The van der Waals surface area contributed by atoms with E-state index in [-0.39, 0.29) is 0 Å². The van der Waals surface area contributed by atoms with Crippen molar-refractivity contribution in [3.8, 4) is 5.88 Å². The number of methoxy groups -OCH3 is 1. The van der Waals surface area contributed by atoms with Gasteiger partial charge >= 0.3 is 0 Å². The molecule has 0 fully saturated rings. The normalized spacial score (nSPS) is 10.5. The van der Waals surface area contributed by atoms with Gasteiger partial charge in [-0.2, -0.15) is 5.10 Å². The molecule has 0 spiro atoms. The molecule has 1 aromatic heterocycles. The fourth-order valence-corrected chi connectivity index (χ4v) is 2.37. The molecule has 5 heteroatoms. The third kappa shape index (κ3) is 3.29. The van der Waals surface area contributed by atoms with Crippen LogP contribution in [0.5, 0.6) is 5.88 Å². The smallest absolute Gasteiger partial charge is 0.216 e. The highest BCUT2D eigenvalue weighted by atomic mass is 16.5. The quantitative estimate of drug-likeness (QED) is 0.887. The van der Waals surface area contributed by atoms with Crippen LogP contribution < -0.4 is 15.0 Å². The maximum atomic E-state index is 5.42. The van der Waals surface area contributed by atoms with Crippen molar-refractivity contribution < 1.29 is 4.74 Å². The van der Waals surface area contributed by atoms with Crippen LogP contribution in [0, 0.1) is 6.92 Å². The van der Waals surface area contributed by atoms with Crippen LogP contribution >= 0.6 is 0 Å². The Kier molecular flexibility index (Phi) is 4.73. The first-order valence-corrected chi connectivity index (χ1v) is 7.18. The number of hydrogen-bond acceptors (Lipinski definition) is 4. The molecule has 0 aliphatic carbocycles. The summed E-state index contributed by atoms with van der Waals surface area (Å²) in [6, 6.07) is 8.41. The van der Waals surface area contributed by atoms with Gasteiger partial charge in [-0.25, -0.2) is 4.68 Å². The summed E-state index contributed by atoms with van der Waals surface area (Å²) in [7, 11) is 5.66. The second-order valence-electron chi connectivity index (χ2n) is 5.11. The van der Waals surface area contributed by atoms with Crippen LogP contribution in [0.4, 0.5) is 11.4 Å². The number of aromatic nitrogens is 2. The minimum Gasteiger partial charge on any atom is -0.481 e. The van der Waals surface area contributed by atoms with Crippen LogP contribution in [0.25, 0.3) is 0 Å². The molecule has 0 saturated carbocycles. The number of anilines is 2. The van der Waals surface area contributed by atoms with Crippen LogP contribution in [0.15, 0.2) is 24.3 Å². The maximum Gasteiger partial charge on any atom is 0.216 e. The average molecular weight is 288 g/mol. The van der Waals surface area contributed by atoms with E-state index in [9.17, 15) is 0 Å². The van der Waals surface area contributed by atoms with Gasteiger partial charge in [-0.15, -0.1) is 0 Å². The summed E-state index contributed by atoms with van der Waals surface area (Å²) in [5.41, 5.74) is 4.38. The van der Waals surface area contributed by atoms with Crippen molar-refractivity contribution in [1.82, 2.24) is 9.78 Å². The SMILES string of the molecule is CCN(C)c1cccc(NCc2c(C)nn(C)c2OC)c1. The molecule has 0 unspecified atom stereocenters. The van der Waals surface area contributed by atoms with E-state index in [0.29, 0.717) is 6.54 Å². The van der Waals surface area contributed by atoms with Gasteiger partial charge in [0.05, 0.1) is 18.4 Å². The number of nitrogens with zero attached hydrogens (tertiary/aromatic N) is 3. The molecule has 0 aliphatic rings. The first kappa shape index (κ1) is 15.2. The highest BCUT2D eigenvalue weighted by Gasteiger charge is 2.13. The van der Waals surface area contributed by atoms with E-state index in [4.69, 9.17) is 4.74 Å². The summed E-state index contributed by atoms with van der Waals surface area (Å²) >= 11 is 0. The van der Waals surface area contributed by atoms with E-state index in [1.165, 1.54) is 5.69 Å². The minimum absolute atomic E-state index is 0.697. The molecule has 0 aliphatic heterocycles. The first-order valence-electron chi connectivity index (χ1n) is 7.18. The zero-order valence-corrected chi connectivity index (χ0v) is 13.5. The molecule has 0 amide bonds. The van der Waals surface area contributed by atoms with Gasteiger partial charge < -0.3 is 15.0 Å². The van der Waals surface area contributed by atoms with Crippen LogP contribution in [-0.2, 0) is 13.6 Å². The Morgan fingerprint density at radius 2 is 2.14 bits per heavy atom. The third-order valence-electron chi connectivity index (χ3n) is 3.71. The van der Waals surface area contributed by atoms with E-state index in [1.807, 2.05) is 14.0 Å². The summed E-state index contributed by atoms with van der Waals surface area (Å²) in [6.45, 7) is 5.83. The molecular formula is C16H24N4O. The van der Waals surface area contributed by atoms with Crippen molar-refractivity contribution in [3.05, 3.63) is 35.5 Å². The number of rotatable bonds is 6. The lowest BCUT2D eigenvalue weighted by atomic mass is 10.2. The molecule has 5 nitrogen and oxygen atoms in total. The molecule has 1 heterocycles. The Balaban J connectivity index is 2.13. The molecular weight excluding hydrogens is 264 g/mol. The predicted octanol–water partition coefficient (Wildman–Crippen LogP) is 2.81. The fourth-order valence-electron chi connectivity index (χ4n) is 2.37. The summed E-state index contributed by atoms with van der Waals surface area (Å²) in [6.07, 6.45) is 0. The fraction of sp³-hybridized carbons (Fsp3) is 0.438. The number of nitrogens with one attached hydrogen (secondary N) is 1. The monoisotopic (exact) mass is 288 g/mol. The van der Waals surface area contributed by atoms with Gasteiger partial charge in [-0.05, 0) is 32.0 Å². The molecule has 0 bridgehead atoms. The Bertz CT molecular complexity index is 606. The summed E-state index contributed by atoms with van der Waals surface area (Å²) in [5, 5.41) is 7.85. The second-order valence-corrected chi connectivity index (χ2v) is 5.11. The van der Waals surface area contributed by atoms with E-state index >= 15 is 0 Å². The molecule has 2 rings (SSSR count). The van der Waals surface area contributed by atoms with Gasteiger partial charge in [-0.1, -0.05) is 6.07 Å². The highest BCUT2D eigenvalue weighted by molar-refractivity contribution is 5.58. The topological polar surface area (TPSA) is 42.3 Å². The lowest BCUT2D eigenvalue weighted by molar-refractivity contribution is 0.370. The maximum absolute atomic E-state index is 5.42. The molecule has 0 atom stereocenters. The molecule has 114 valence electrons. The summed E-state index contributed by atoms with van der Waals surface area (Å²) in [4.78, 5) is 2.21. The van der Waals surface area contributed by atoms with Crippen molar-refractivity contribution in [3.63, 3.8) is 0 Å². The highest BCUT2D eigenvalue weighted by Crippen LogP contribution is 2.23. The molecule has 0 radical (unpaired) electrons. The Morgan fingerprint density at radius 3 is 2.81 bits per heavy atom. The largest absolute Gasteiger partial charge is 0.481 e. The number of ether oxygens (including phenoxy) is 1. The van der Waals surface area contributed by atoms with Gasteiger partial charge in [0.1, 0.15) is 0 Å². The van der Waals surface area contributed by atoms with E-state index in [1.54, 1.807) is 11.8 Å². The van der Waals surface area contributed by atoms with Crippen molar-refractivity contribution in [1.29, 1.82) is 0 Å². The van der Waals surface area contributed by atoms with Gasteiger partial charge in [0, 0.05) is 38.6 Å². The van der Waals surface area contributed by atoms with Crippen LogP contribution in [0.1, 0.15) is 18.2 Å². The van der Waals surface area contributed by atoms with Gasteiger partial charge in [0.15, 0.2) is 0 Å². The zero-order chi connectivity index (χ0) is 15.4. The van der Waals surface area contributed by atoms with Crippen molar-refractivity contribution >= 4 is 11.4 Å². The predicted molar refractivity (Wildman–Crippen MR) is 87.2 cm³/mol. The third-order valence-corrected chi connectivity index (χ3v) is 3.71. The zero-order valence-electron chi connectivity index (χ0n) is 13.5. The second kappa shape index (κ2) is 6.52. The summed E-state index contributed by atoms with van der Waals surface area (Å²) in [5.74, 6) is 0.807. The Morgan fingerprint density at radius 1 is 1.38 bits per heavy atom. The molecule has 1 aromatic carbocycles. The summed E-state index contributed by atoms with van der Waals surface area (Å²) < 4.78 is 7.19. The van der Waals surface area contributed by atoms with Gasteiger partial charge in [-0.3, -0.25) is 0 Å². The van der Waals surface area contributed by atoms with Crippen LogP contribution in [0.2, 0.25) is 0 Å². The lowest BCUT2D eigenvalue weighted by Gasteiger charge is -2.18. The first-order chi connectivity index (χ1) is 10.1. The van der Waals surface area contributed by atoms with Gasteiger partial charge in [0.2, 0.25) is 5.88 Å². The van der Waals surface area contributed by atoms with E-state index < -0.39 is 0 Å². The lowest BCUT2D eigenvalue weighted by Crippen LogP contribution is -2.15. The number of benzene rings is 1. The number of hydrogen-bond donors (Lipinski definition) is 1. The van der Waals surface area contributed by atoms with Crippen molar-refractivity contribution in [2.24, 2.45) is 7.05 Å². The molecule has 2 aromatic rings. The molecule has 1 N–H and O–H groups in total. The molecule has 0 saturated heterocycles. The Hall–Kier alpha value is -2.17. The molecule has 21 heavy (non-hydrogen) atoms. The van der Waals surface area contributed by atoms with Crippen molar-refractivity contribution in [2.45, 2.75) is 20.4 Å². The van der Waals surface area contributed by atoms with Crippen molar-refractivity contribution in [2.75, 3.05) is 30.9 Å². The Labute approximate surface area is 126 Å². The number of aryl methyl sites for hydroxylation is 2. The van der Waals surface area contributed by atoms with E-state index in [0.717, 1.165) is 29.4 Å². The standard InChI is InChI=1S/C16H24N4O/c1-6-19(3)14-9-7-8-13(10-14)17-11-15-12(2)18-20(4)16(15)21-5/h7-10,17H,6,11H2,1-5H3.